The van der Waals surface area contributed by atoms with E-state index in [9.17, 15) is 4.79 Å². The van der Waals surface area contributed by atoms with Crippen LogP contribution in [0, 0.1) is 11.3 Å². The first-order chi connectivity index (χ1) is 9.78. The molecule has 0 fully saturated rings. The zero-order valence-electron chi connectivity index (χ0n) is 10.8. The number of hydrogen-bond acceptors (Lipinski definition) is 4. The van der Waals surface area contributed by atoms with Gasteiger partial charge in [0.15, 0.2) is 6.61 Å². The fourth-order valence-electron chi connectivity index (χ4n) is 1.59. The van der Waals surface area contributed by atoms with Crippen molar-refractivity contribution >= 4 is 5.91 Å². The van der Waals surface area contributed by atoms with Gasteiger partial charge in [-0.3, -0.25) is 4.79 Å². The van der Waals surface area contributed by atoms with Crippen molar-refractivity contribution in [3.05, 3.63) is 54.0 Å². The van der Waals surface area contributed by atoms with Gasteiger partial charge in [-0.2, -0.15) is 5.26 Å². The zero-order chi connectivity index (χ0) is 14.2. The van der Waals surface area contributed by atoms with Crippen LogP contribution in [-0.2, 0) is 17.8 Å². The van der Waals surface area contributed by atoms with Crippen LogP contribution in [0.15, 0.2) is 47.1 Å². The maximum atomic E-state index is 11.6. The van der Waals surface area contributed by atoms with Gasteiger partial charge in [0, 0.05) is 0 Å². The molecule has 0 spiro atoms. The summed E-state index contributed by atoms with van der Waals surface area (Å²) < 4.78 is 10.4. The summed E-state index contributed by atoms with van der Waals surface area (Å²) in [5, 5.41) is 11.2. The SMILES string of the molecule is N#CCc1ccc(OCC(=O)NCc2ccco2)cc1. The topological polar surface area (TPSA) is 75.3 Å². The van der Waals surface area contributed by atoms with Crippen molar-refractivity contribution in [1.29, 1.82) is 5.26 Å². The van der Waals surface area contributed by atoms with Crippen molar-refractivity contribution in [3.63, 3.8) is 0 Å². The lowest BCUT2D eigenvalue weighted by Crippen LogP contribution is -2.28. The largest absolute Gasteiger partial charge is 0.484 e. The predicted octanol–water partition coefficient (Wildman–Crippen LogP) is 2.04. The average Bonchev–Trinajstić information content (AvgIpc) is 2.98. The van der Waals surface area contributed by atoms with Crippen molar-refractivity contribution in [1.82, 2.24) is 5.32 Å². The van der Waals surface area contributed by atoms with Crippen LogP contribution < -0.4 is 10.1 Å². The monoisotopic (exact) mass is 270 g/mol. The Morgan fingerprint density at radius 3 is 2.75 bits per heavy atom. The third kappa shape index (κ3) is 4.18. The molecule has 0 saturated carbocycles. The average molecular weight is 270 g/mol. The molecule has 0 aliphatic rings. The summed E-state index contributed by atoms with van der Waals surface area (Å²) in [5.41, 5.74) is 0.919. The minimum Gasteiger partial charge on any atom is -0.484 e. The normalized spacial score (nSPS) is 9.75. The second-order valence-electron chi connectivity index (χ2n) is 4.12. The molecular weight excluding hydrogens is 256 g/mol. The van der Waals surface area contributed by atoms with Crippen LogP contribution in [-0.4, -0.2) is 12.5 Å². The van der Waals surface area contributed by atoms with E-state index in [1.165, 1.54) is 0 Å². The Labute approximate surface area is 116 Å². The number of nitriles is 1. The molecule has 0 unspecified atom stereocenters. The molecule has 2 rings (SSSR count). The van der Waals surface area contributed by atoms with E-state index in [0.717, 1.165) is 5.56 Å². The summed E-state index contributed by atoms with van der Waals surface area (Å²) in [6.45, 7) is 0.286. The number of ether oxygens (including phenoxy) is 1. The minimum atomic E-state index is -0.220. The highest BCUT2D eigenvalue weighted by Crippen LogP contribution is 2.12. The van der Waals surface area contributed by atoms with Gasteiger partial charge in [0.05, 0.1) is 25.3 Å². The van der Waals surface area contributed by atoms with Gasteiger partial charge >= 0.3 is 0 Å². The second kappa shape index (κ2) is 7.00. The maximum absolute atomic E-state index is 11.6. The lowest BCUT2D eigenvalue weighted by molar-refractivity contribution is -0.123. The number of rotatable bonds is 6. The van der Waals surface area contributed by atoms with Gasteiger partial charge in [-0.05, 0) is 29.8 Å². The molecule has 1 aromatic carbocycles. The summed E-state index contributed by atoms with van der Waals surface area (Å²) in [4.78, 5) is 11.6. The van der Waals surface area contributed by atoms with Gasteiger partial charge in [-0.15, -0.1) is 0 Å². The number of hydrogen-bond donors (Lipinski definition) is 1. The minimum absolute atomic E-state index is 0.0572. The van der Waals surface area contributed by atoms with Crippen molar-refractivity contribution in [2.75, 3.05) is 6.61 Å². The van der Waals surface area contributed by atoms with Gasteiger partial charge in [0.1, 0.15) is 11.5 Å². The Kier molecular flexibility index (Phi) is 4.79. The molecule has 2 aromatic rings. The number of carbonyl (C=O) groups is 1. The van der Waals surface area contributed by atoms with Gasteiger partial charge < -0.3 is 14.5 Å². The highest BCUT2D eigenvalue weighted by atomic mass is 16.5. The molecular formula is C15H14N2O3. The van der Waals surface area contributed by atoms with Crippen molar-refractivity contribution in [2.45, 2.75) is 13.0 Å². The first-order valence-corrected chi connectivity index (χ1v) is 6.15. The van der Waals surface area contributed by atoms with Crippen molar-refractivity contribution < 1.29 is 13.9 Å². The second-order valence-corrected chi connectivity index (χ2v) is 4.12. The molecule has 1 aromatic heterocycles. The van der Waals surface area contributed by atoms with E-state index >= 15 is 0 Å². The first-order valence-electron chi connectivity index (χ1n) is 6.15. The summed E-state index contributed by atoms with van der Waals surface area (Å²) in [6.07, 6.45) is 1.92. The smallest absolute Gasteiger partial charge is 0.258 e. The zero-order valence-corrected chi connectivity index (χ0v) is 10.8. The van der Waals surface area contributed by atoms with Crippen LogP contribution in [0.25, 0.3) is 0 Å². The van der Waals surface area contributed by atoms with Crippen molar-refractivity contribution in [2.24, 2.45) is 0 Å². The summed E-state index contributed by atoms with van der Waals surface area (Å²) in [6, 6.07) is 12.7. The molecule has 5 heteroatoms. The number of nitrogens with one attached hydrogen (secondary N) is 1. The van der Waals surface area contributed by atoms with Gasteiger partial charge in [-0.25, -0.2) is 0 Å². The summed E-state index contributed by atoms with van der Waals surface area (Å²) in [5.74, 6) is 1.07. The quantitative estimate of drug-likeness (QED) is 0.871. The lowest BCUT2D eigenvalue weighted by atomic mass is 10.2. The highest BCUT2D eigenvalue weighted by molar-refractivity contribution is 5.77. The fourth-order valence-corrected chi connectivity index (χ4v) is 1.59. The van der Waals surface area contributed by atoms with Crippen LogP contribution in [0.5, 0.6) is 5.75 Å². The number of nitrogens with zero attached hydrogens (tertiary/aromatic N) is 1. The van der Waals surface area contributed by atoms with Gasteiger partial charge in [0.2, 0.25) is 0 Å². The van der Waals surface area contributed by atoms with E-state index in [1.54, 1.807) is 42.7 Å². The van der Waals surface area contributed by atoms with Gasteiger partial charge in [-0.1, -0.05) is 12.1 Å². The van der Waals surface area contributed by atoms with E-state index in [1.807, 2.05) is 0 Å². The third-order valence-corrected chi connectivity index (χ3v) is 2.62. The molecule has 1 heterocycles. The molecule has 102 valence electrons. The molecule has 0 saturated heterocycles. The van der Waals surface area contributed by atoms with Crippen LogP contribution in [0.4, 0.5) is 0 Å². The number of carbonyl (C=O) groups excluding carboxylic acids is 1. The van der Waals surface area contributed by atoms with E-state index in [-0.39, 0.29) is 12.5 Å². The summed E-state index contributed by atoms with van der Waals surface area (Å²) >= 11 is 0. The van der Waals surface area contributed by atoms with E-state index < -0.39 is 0 Å². The molecule has 0 radical (unpaired) electrons. The Morgan fingerprint density at radius 1 is 1.30 bits per heavy atom. The van der Waals surface area contributed by atoms with Crippen molar-refractivity contribution in [3.8, 4) is 11.8 Å². The molecule has 0 aliphatic heterocycles. The standard InChI is InChI=1S/C15H14N2O3/c16-8-7-12-3-5-13(6-4-12)20-11-15(18)17-10-14-2-1-9-19-14/h1-6,9H,7,10-11H2,(H,17,18). The van der Waals surface area contributed by atoms with Crippen LogP contribution in [0.1, 0.15) is 11.3 Å². The maximum Gasteiger partial charge on any atom is 0.258 e. The number of amides is 1. The highest BCUT2D eigenvalue weighted by Gasteiger charge is 2.04. The molecule has 5 nitrogen and oxygen atoms in total. The Bertz CT molecular complexity index is 583. The fraction of sp³-hybridized carbons (Fsp3) is 0.200. The van der Waals surface area contributed by atoms with E-state index in [0.29, 0.717) is 24.5 Å². The molecule has 1 N–H and O–H groups in total. The van der Waals surface area contributed by atoms with E-state index in [4.69, 9.17) is 14.4 Å². The Morgan fingerprint density at radius 2 is 2.10 bits per heavy atom. The van der Waals surface area contributed by atoms with Crippen LogP contribution in [0.3, 0.4) is 0 Å². The molecule has 1 amide bonds. The lowest BCUT2D eigenvalue weighted by Gasteiger charge is -2.07. The van der Waals surface area contributed by atoms with E-state index in [2.05, 4.69) is 11.4 Å². The number of benzene rings is 1. The molecule has 0 atom stereocenters. The Balaban J connectivity index is 1.74. The predicted molar refractivity (Wildman–Crippen MR) is 71.8 cm³/mol. The van der Waals surface area contributed by atoms with Gasteiger partial charge in [0.25, 0.3) is 5.91 Å². The molecule has 0 aliphatic carbocycles. The Hall–Kier alpha value is -2.74. The molecule has 20 heavy (non-hydrogen) atoms. The first kappa shape index (κ1) is 13.7. The summed E-state index contributed by atoms with van der Waals surface area (Å²) in [7, 11) is 0. The van der Waals surface area contributed by atoms with Crippen LogP contribution in [0.2, 0.25) is 0 Å². The third-order valence-electron chi connectivity index (χ3n) is 2.62. The molecule has 0 bridgehead atoms. The van der Waals surface area contributed by atoms with Crippen LogP contribution >= 0.6 is 0 Å². The number of furan rings is 1.